The number of allylic oxidation sites excluding steroid dienone is 4. The van der Waals surface area contributed by atoms with E-state index in [1.807, 2.05) is 0 Å². The van der Waals surface area contributed by atoms with Gasteiger partial charge in [0.25, 0.3) is 5.95 Å². The summed E-state index contributed by atoms with van der Waals surface area (Å²) in [5, 5.41) is 0. The van der Waals surface area contributed by atoms with E-state index in [9.17, 15) is 9.59 Å². The molecule has 45 heavy (non-hydrogen) atoms. The van der Waals surface area contributed by atoms with Crippen LogP contribution < -0.4 is 0 Å². The highest BCUT2D eigenvalue weighted by atomic mass is 28.4. The van der Waals surface area contributed by atoms with E-state index in [1.54, 1.807) is 7.11 Å². The molecule has 8 nitrogen and oxygen atoms in total. The number of fused-ring (bicyclic) bond motifs is 5. The second-order valence-electron chi connectivity index (χ2n) is 15.2. The number of carbonyl (C=O) groups is 2. The van der Waals surface area contributed by atoms with Crippen LogP contribution in [0.15, 0.2) is 35.3 Å². The minimum Gasteiger partial charge on any atom is -0.520 e. The maximum Gasteiger partial charge on any atom is 0.508 e. The van der Waals surface area contributed by atoms with E-state index in [-0.39, 0.29) is 11.3 Å². The smallest absolute Gasteiger partial charge is 0.508 e. The molecule has 3 fully saturated rings. The van der Waals surface area contributed by atoms with E-state index in [2.05, 4.69) is 65.6 Å². The third-order valence-corrected chi connectivity index (χ3v) is 12.5. The molecule has 0 amide bonds. The van der Waals surface area contributed by atoms with Crippen molar-refractivity contribution in [3.8, 4) is 0 Å². The van der Waals surface area contributed by atoms with Crippen LogP contribution in [-0.4, -0.2) is 54.2 Å². The lowest BCUT2D eigenvalue weighted by Crippen LogP contribution is -2.54. The zero-order chi connectivity index (χ0) is 33.2. The minimum absolute atomic E-state index is 0.179. The van der Waals surface area contributed by atoms with Crippen molar-refractivity contribution >= 4 is 20.6 Å². The predicted octanol–water partition coefficient (Wildman–Crippen LogP) is 9.18. The summed E-state index contributed by atoms with van der Waals surface area (Å²) in [6, 6.07) is 0. The average molecular weight is 647 g/mol. The van der Waals surface area contributed by atoms with Crippen molar-refractivity contribution in [1.29, 1.82) is 0 Å². The second-order valence-corrected chi connectivity index (χ2v) is 19.7. The molecule has 4 aliphatic carbocycles. The van der Waals surface area contributed by atoms with Crippen molar-refractivity contribution in [3.63, 3.8) is 0 Å². The van der Waals surface area contributed by atoms with E-state index in [0.29, 0.717) is 42.5 Å². The van der Waals surface area contributed by atoms with Crippen LogP contribution in [0.1, 0.15) is 85.5 Å². The van der Waals surface area contributed by atoms with Crippen molar-refractivity contribution in [2.75, 3.05) is 21.3 Å². The van der Waals surface area contributed by atoms with Gasteiger partial charge in [-0.1, -0.05) is 63.8 Å². The van der Waals surface area contributed by atoms with Crippen LogP contribution in [-0.2, 0) is 28.1 Å². The van der Waals surface area contributed by atoms with Crippen LogP contribution in [0.5, 0.6) is 0 Å². The molecule has 0 unspecified atom stereocenters. The first-order chi connectivity index (χ1) is 21.2. The summed E-state index contributed by atoms with van der Waals surface area (Å²) in [7, 11) is 2.57. The Labute approximate surface area is 272 Å². The fourth-order valence-corrected chi connectivity index (χ4v) is 10.1. The van der Waals surface area contributed by atoms with Crippen LogP contribution in [0.2, 0.25) is 19.6 Å². The molecule has 4 aliphatic rings. The van der Waals surface area contributed by atoms with Crippen LogP contribution in [0.25, 0.3) is 0 Å². The van der Waals surface area contributed by atoms with Crippen molar-refractivity contribution < 1.29 is 37.7 Å². The standard InChI is InChI=1S/C36H58O8Si/c1-11-12-13-24(20-32(39-5)44-45(8,9)10)23(2)28-16-17-29-27-15-14-25-21-26(42-33(37)40-6)22-31(43-34(38)41-7)36(25,4)30(27)18-19-35(28,29)3/h14-15,20,23-24,26,28-31H,11-13,16-19,21-22H2,1-10H3/b32-20+/t23-,24-,26+,28+,29-,30-,31-,35+,36-/m0/s1. The van der Waals surface area contributed by atoms with Crippen LogP contribution >= 0.6 is 0 Å². The first-order valence-corrected chi connectivity index (χ1v) is 20.5. The van der Waals surface area contributed by atoms with Gasteiger partial charge >= 0.3 is 12.3 Å². The molecule has 0 aromatic rings. The third-order valence-electron chi connectivity index (χ3n) is 11.7. The molecule has 9 atom stereocenters. The fourth-order valence-electron chi connectivity index (χ4n) is 9.37. The molecule has 0 saturated heterocycles. The largest absolute Gasteiger partial charge is 0.520 e. The summed E-state index contributed by atoms with van der Waals surface area (Å²) < 4.78 is 33.4. The van der Waals surface area contributed by atoms with Gasteiger partial charge in [-0.25, -0.2) is 9.59 Å². The number of rotatable bonds is 11. The fraction of sp³-hybridized carbons (Fsp3) is 0.778. The van der Waals surface area contributed by atoms with Gasteiger partial charge in [0.2, 0.25) is 8.32 Å². The lowest BCUT2D eigenvalue weighted by molar-refractivity contribution is -0.0833. The van der Waals surface area contributed by atoms with Crippen molar-refractivity contribution in [1.82, 2.24) is 0 Å². The molecule has 0 aromatic heterocycles. The summed E-state index contributed by atoms with van der Waals surface area (Å²) in [5.74, 6) is 2.87. The molecular formula is C36H58O8Si. The van der Waals surface area contributed by atoms with Gasteiger partial charge in [-0.3, -0.25) is 0 Å². The molecular weight excluding hydrogens is 588 g/mol. The van der Waals surface area contributed by atoms with Gasteiger partial charge in [-0.05, 0) is 92.8 Å². The number of hydrogen-bond donors (Lipinski definition) is 0. The van der Waals surface area contributed by atoms with Crippen LogP contribution in [0.4, 0.5) is 9.59 Å². The maximum absolute atomic E-state index is 12.5. The van der Waals surface area contributed by atoms with Crippen LogP contribution in [0.3, 0.4) is 0 Å². The maximum atomic E-state index is 12.5. The highest BCUT2D eigenvalue weighted by molar-refractivity contribution is 6.70. The molecule has 4 rings (SSSR count). The zero-order valence-corrected chi connectivity index (χ0v) is 30.4. The molecule has 0 radical (unpaired) electrons. The third kappa shape index (κ3) is 7.28. The first-order valence-electron chi connectivity index (χ1n) is 17.1. The summed E-state index contributed by atoms with van der Waals surface area (Å²) in [4.78, 5) is 24.5. The minimum atomic E-state index is -1.80. The normalized spacial score (nSPS) is 34.1. The first kappa shape index (κ1) is 35.4. The molecule has 0 bridgehead atoms. The Morgan fingerprint density at radius 3 is 2.29 bits per heavy atom. The number of unbranched alkanes of at least 4 members (excludes halogenated alkanes) is 1. The van der Waals surface area contributed by atoms with Crippen molar-refractivity contribution in [3.05, 3.63) is 35.3 Å². The Hall–Kier alpha value is -2.42. The van der Waals surface area contributed by atoms with Gasteiger partial charge in [-0.15, -0.1) is 0 Å². The topological polar surface area (TPSA) is 89.5 Å². The molecule has 0 aromatic carbocycles. The van der Waals surface area contributed by atoms with Gasteiger partial charge in [0.1, 0.15) is 12.2 Å². The second kappa shape index (κ2) is 14.1. The number of methoxy groups -OCH3 is 3. The predicted molar refractivity (Wildman–Crippen MR) is 177 cm³/mol. The van der Waals surface area contributed by atoms with Crippen molar-refractivity contribution in [2.24, 2.45) is 40.4 Å². The molecule has 0 spiro atoms. The number of ether oxygens (including phenoxy) is 5. The average Bonchev–Trinajstić information content (AvgIpc) is 3.35. The van der Waals surface area contributed by atoms with Gasteiger partial charge in [-0.2, -0.15) is 0 Å². The van der Waals surface area contributed by atoms with Gasteiger partial charge < -0.3 is 28.1 Å². The number of carbonyl (C=O) groups excluding carboxylic acids is 2. The molecule has 9 heteroatoms. The lowest BCUT2D eigenvalue weighted by atomic mass is 9.49. The van der Waals surface area contributed by atoms with Gasteiger partial charge in [0.05, 0.1) is 21.3 Å². The number of hydrogen-bond acceptors (Lipinski definition) is 8. The van der Waals surface area contributed by atoms with E-state index in [4.69, 9.17) is 28.1 Å². The molecule has 0 heterocycles. The quantitative estimate of drug-likeness (QED) is 0.125. The summed E-state index contributed by atoms with van der Waals surface area (Å²) in [5.41, 5.74) is 2.44. The summed E-state index contributed by atoms with van der Waals surface area (Å²) >= 11 is 0. The molecule has 0 aliphatic heterocycles. The molecule has 0 N–H and O–H groups in total. The highest BCUT2D eigenvalue weighted by Gasteiger charge is 2.60. The molecule has 3 saturated carbocycles. The monoisotopic (exact) mass is 646 g/mol. The zero-order valence-electron chi connectivity index (χ0n) is 29.4. The van der Waals surface area contributed by atoms with E-state index >= 15 is 0 Å². The Kier molecular flexibility index (Phi) is 11.1. The summed E-state index contributed by atoms with van der Waals surface area (Å²) in [6.07, 6.45) is 13.5. The lowest BCUT2D eigenvalue weighted by Gasteiger charge is -2.57. The Bertz CT molecular complexity index is 1170. The Morgan fingerprint density at radius 1 is 0.978 bits per heavy atom. The summed E-state index contributed by atoms with van der Waals surface area (Å²) in [6.45, 7) is 16.1. The molecule has 254 valence electrons. The Balaban J connectivity index is 1.64. The van der Waals surface area contributed by atoms with E-state index < -0.39 is 38.3 Å². The van der Waals surface area contributed by atoms with Gasteiger partial charge in [0, 0.05) is 18.3 Å². The Morgan fingerprint density at radius 2 is 1.67 bits per heavy atom. The van der Waals surface area contributed by atoms with Crippen LogP contribution in [0, 0.1) is 40.4 Å². The van der Waals surface area contributed by atoms with E-state index in [0.717, 1.165) is 31.3 Å². The van der Waals surface area contributed by atoms with Gasteiger partial charge in [0.15, 0.2) is 0 Å². The van der Waals surface area contributed by atoms with E-state index in [1.165, 1.54) is 39.1 Å². The highest BCUT2D eigenvalue weighted by Crippen LogP contribution is 2.67. The van der Waals surface area contributed by atoms with Crippen molar-refractivity contribution in [2.45, 2.75) is 117 Å². The SMILES string of the molecule is CCCC[C@@H](/C=C(\OC)O[Si](C)(C)C)[C@H](C)[C@H]1CC[C@H]2C3=CC=C4C[C@@H](OC(=O)OC)C[C@H](OC(=O)OC)[C@]4(C)[C@H]3CC[C@]12C.